The third kappa shape index (κ3) is 4.13. The average Bonchev–Trinajstić information content (AvgIpc) is 2.81. The summed E-state index contributed by atoms with van der Waals surface area (Å²) in [6.45, 7) is 4.68. The highest BCUT2D eigenvalue weighted by Gasteiger charge is 2.20. The number of nitrogens with zero attached hydrogens (tertiary/aromatic N) is 3. The van der Waals surface area contributed by atoms with E-state index in [1.165, 1.54) is 5.56 Å². The Labute approximate surface area is 150 Å². The van der Waals surface area contributed by atoms with Crippen LogP contribution < -0.4 is 10.6 Å². The maximum absolute atomic E-state index is 11.7. The Kier molecular flexibility index (Phi) is 5.48. The lowest BCUT2D eigenvalue weighted by molar-refractivity contribution is 0.0996. The van der Waals surface area contributed by atoms with Crippen molar-refractivity contribution in [2.24, 2.45) is 5.73 Å². The molecule has 0 unspecified atom stereocenters. The summed E-state index contributed by atoms with van der Waals surface area (Å²) < 4.78 is 0.855. The molecule has 126 valence electrons. The summed E-state index contributed by atoms with van der Waals surface area (Å²) >= 11 is 3.44. The predicted octanol–water partition coefficient (Wildman–Crippen LogP) is 2.66. The first-order valence-electron chi connectivity index (χ1n) is 8.10. The molecular formula is C18H21BrN4O. The van der Waals surface area contributed by atoms with Gasteiger partial charge in [0.1, 0.15) is 0 Å². The van der Waals surface area contributed by atoms with E-state index >= 15 is 0 Å². The summed E-state index contributed by atoms with van der Waals surface area (Å²) in [7, 11) is 0. The molecule has 0 bridgehead atoms. The molecule has 2 aromatic rings. The van der Waals surface area contributed by atoms with Crippen molar-refractivity contribution in [2.45, 2.75) is 13.0 Å². The highest BCUT2D eigenvalue weighted by atomic mass is 79.9. The van der Waals surface area contributed by atoms with Gasteiger partial charge in [0.25, 0.3) is 5.91 Å². The second kappa shape index (κ2) is 7.77. The van der Waals surface area contributed by atoms with Gasteiger partial charge in [0.2, 0.25) is 0 Å². The first-order chi connectivity index (χ1) is 11.6. The van der Waals surface area contributed by atoms with E-state index in [9.17, 15) is 4.79 Å². The first-order valence-corrected chi connectivity index (χ1v) is 8.89. The van der Waals surface area contributed by atoms with Crippen LogP contribution in [0.25, 0.3) is 0 Å². The van der Waals surface area contributed by atoms with Crippen LogP contribution in [0.2, 0.25) is 0 Å². The van der Waals surface area contributed by atoms with Crippen LogP contribution in [0.5, 0.6) is 0 Å². The van der Waals surface area contributed by atoms with Crippen LogP contribution in [-0.2, 0) is 6.54 Å². The molecule has 1 amide bonds. The normalized spacial score (nSPS) is 16.0. The van der Waals surface area contributed by atoms with Gasteiger partial charge in [0, 0.05) is 43.4 Å². The first kappa shape index (κ1) is 16.9. The van der Waals surface area contributed by atoms with Crippen LogP contribution in [0, 0.1) is 0 Å². The van der Waals surface area contributed by atoms with Crippen molar-refractivity contribution < 1.29 is 4.79 Å². The number of nitrogens with two attached hydrogens (primary N) is 1. The van der Waals surface area contributed by atoms with Crippen LogP contribution in [0.1, 0.15) is 22.5 Å². The number of pyridine rings is 1. The molecule has 0 spiro atoms. The lowest BCUT2D eigenvalue weighted by Crippen LogP contribution is -2.32. The van der Waals surface area contributed by atoms with E-state index in [-0.39, 0.29) is 0 Å². The molecule has 3 rings (SSSR count). The topological polar surface area (TPSA) is 62.5 Å². The SMILES string of the molecule is NC(=O)c1ncc(Br)cc1N1CCCN(Cc2ccccc2)CC1. The van der Waals surface area contributed by atoms with Gasteiger partial charge in [-0.2, -0.15) is 0 Å². The lowest BCUT2D eigenvalue weighted by atomic mass is 10.2. The average molecular weight is 389 g/mol. The van der Waals surface area contributed by atoms with Crippen LogP contribution in [-0.4, -0.2) is 42.0 Å². The van der Waals surface area contributed by atoms with Crippen molar-refractivity contribution in [3.8, 4) is 0 Å². The van der Waals surface area contributed by atoms with Crippen molar-refractivity contribution in [3.63, 3.8) is 0 Å². The number of hydrogen-bond donors (Lipinski definition) is 1. The molecule has 2 N–H and O–H groups in total. The van der Waals surface area contributed by atoms with Gasteiger partial charge >= 0.3 is 0 Å². The number of primary amides is 1. The molecule has 6 heteroatoms. The van der Waals surface area contributed by atoms with E-state index in [1.54, 1.807) is 6.20 Å². The van der Waals surface area contributed by atoms with Crippen molar-refractivity contribution in [1.29, 1.82) is 0 Å². The van der Waals surface area contributed by atoms with Gasteiger partial charge in [-0.15, -0.1) is 0 Å². The standard InChI is InChI=1S/C18H21BrN4O/c19-15-11-16(17(18(20)24)21-12-15)23-8-4-7-22(9-10-23)13-14-5-2-1-3-6-14/h1-3,5-6,11-12H,4,7-10,13H2,(H2,20,24). The van der Waals surface area contributed by atoms with Crippen molar-refractivity contribution >= 4 is 27.5 Å². The Morgan fingerprint density at radius 2 is 1.96 bits per heavy atom. The molecule has 1 aliphatic rings. The summed E-state index contributed by atoms with van der Waals surface area (Å²) in [6.07, 6.45) is 2.65. The number of carbonyl (C=O) groups is 1. The van der Waals surface area contributed by atoms with E-state index in [1.807, 2.05) is 12.1 Å². The number of aromatic nitrogens is 1. The van der Waals surface area contributed by atoms with Gasteiger partial charge in [-0.3, -0.25) is 9.69 Å². The Bertz CT molecular complexity index is 707. The van der Waals surface area contributed by atoms with Crippen molar-refractivity contribution in [1.82, 2.24) is 9.88 Å². The molecule has 0 saturated carbocycles. The minimum Gasteiger partial charge on any atom is -0.368 e. The van der Waals surface area contributed by atoms with E-state index < -0.39 is 5.91 Å². The third-order valence-electron chi connectivity index (χ3n) is 4.25. The highest BCUT2D eigenvalue weighted by molar-refractivity contribution is 9.10. The van der Waals surface area contributed by atoms with Crippen molar-refractivity contribution in [2.75, 3.05) is 31.1 Å². The van der Waals surface area contributed by atoms with Crippen LogP contribution in [0.3, 0.4) is 0 Å². The molecule has 0 aliphatic carbocycles. The zero-order valence-electron chi connectivity index (χ0n) is 13.5. The predicted molar refractivity (Wildman–Crippen MR) is 99.0 cm³/mol. The second-order valence-corrected chi connectivity index (χ2v) is 6.90. The molecule has 1 aliphatic heterocycles. The van der Waals surface area contributed by atoms with E-state index in [2.05, 4.69) is 55.0 Å². The van der Waals surface area contributed by atoms with Crippen LogP contribution in [0.4, 0.5) is 5.69 Å². The summed E-state index contributed by atoms with van der Waals surface area (Å²) in [5, 5.41) is 0. The second-order valence-electron chi connectivity index (χ2n) is 5.99. The summed E-state index contributed by atoms with van der Waals surface area (Å²) in [4.78, 5) is 20.5. The minimum absolute atomic E-state index is 0.342. The molecule has 1 fully saturated rings. The number of anilines is 1. The van der Waals surface area contributed by atoms with Gasteiger partial charge in [0.05, 0.1) is 5.69 Å². The fourth-order valence-electron chi connectivity index (χ4n) is 3.07. The fourth-order valence-corrected chi connectivity index (χ4v) is 3.39. The van der Waals surface area contributed by atoms with Gasteiger partial charge < -0.3 is 10.6 Å². The highest BCUT2D eigenvalue weighted by Crippen LogP contribution is 2.24. The quantitative estimate of drug-likeness (QED) is 0.874. The Morgan fingerprint density at radius 3 is 2.71 bits per heavy atom. The van der Waals surface area contributed by atoms with Gasteiger partial charge in [-0.05, 0) is 34.0 Å². The molecule has 1 saturated heterocycles. The maximum atomic E-state index is 11.7. The summed E-state index contributed by atoms with van der Waals surface area (Å²) in [5.74, 6) is -0.483. The minimum atomic E-state index is -0.483. The Morgan fingerprint density at radius 1 is 1.17 bits per heavy atom. The van der Waals surface area contributed by atoms with Crippen LogP contribution >= 0.6 is 15.9 Å². The molecule has 1 aromatic heterocycles. The third-order valence-corrected chi connectivity index (χ3v) is 4.68. The van der Waals surface area contributed by atoms with Crippen molar-refractivity contribution in [3.05, 3.63) is 58.3 Å². The fraction of sp³-hybridized carbons (Fsp3) is 0.333. The Hall–Kier alpha value is -1.92. The molecule has 5 nitrogen and oxygen atoms in total. The number of hydrogen-bond acceptors (Lipinski definition) is 4. The number of benzene rings is 1. The molecule has 0 radical (unpaired) electrons. The number of amides is 1. The largest absolute Gasteiger partial charge is 0.368 e. The number of carbonyl (C=O) groups excluding carboxylic acids is 1. The molecule has 0 atom stereocenters. The Balaban J connectivity index is 1.72. The van der Waals surface area contributed by atoms with Gasteiger partial charge in [-0.1, -0.05) is 30.3 Å². The van der Waals surface area contributed by atoms with E-state index in [0.717, 1.165) is 49.3 Å². The van der Waals surface area contributed by atoms with Gasteiger partial charge in [0.15, 0.2) is 5.69 Å². The smallest absolute Gasteiger partial charge is 0.269 e. The zero-order valence-corrected chi connectivity index (χ0v) is 15.1. The van der Waals surface area contributed by atoms with Crippen LogP contribution in [0.15, 0.2) is 47.1 Å². The van der Waals surface area contributed by atoms with E-state index in [4.69, 9.17) is 5.73 Å². The number of halogens is 1. The molecule has 1 aromatic carbocycles. The monoisotopic (exact) mass is 388 g/mol. The molecule has 24 heavy (non-hydrogen) atoms. The van der Waals surface area contributed by atoms with Gasteiger partial charge in [-0.25, -0.2) is 4.98 Å². The lowest BCUT2D eigenvalue weighted by Gasteiger charge is -2.25. The summed E-state index contributed by atoms with van der Waals surface area (Å²) in [6, 6.07) is 12.4. The molecular weight excluding hydrogens is 368 g/mol. The molecule has 2 heterocycles. The summed E-state index contributed by atoms with van der Waals surface area (Å²) in [5.41, 5.74) is 7.97. The maximum Gasteiger partial charge on any atom is 0.269 e. The van der Waals surface area contributed by atoms with E-state index in [0.29, 0.717) is 5.69 Å². The number of rotatable bonds is 4. The zero-order chi connectivity index (χ0) is 16.9.